The fraction of sp³-hybridized carbons (Fsp3) is 0.440. The van der Waals surface area contributed by atoms with E-state index in [1.165, 1.54) is 11.4 Å². The van der Waals surface area contributed by atoms with Crippen molar-refractivity contribution in [1.82, 2.24) is 9.21 Å². The van der Waals surface area contributed by atoms with Gasteiger partial charge in [0.2, 0.25) is 10.0 Å². The van der Waals surface area contributed by atoms with Crippen LogP contribution in [0.5, 0.6) is 0 Å². The smallest absolute Gasteiger partial charge is 0.410 e. The summed E-state index contributed by atoms with van der Waals surface area (Å²) in [5.74, 6) is -0.458. The van der Waals surface area contributed by atoms with Crippen molar-refractivity contribution in [2.24, 2.45) is 0 Å². The summed E-state index contributed by atoms with van der Waals surface area (Å²) in [5.41, 5.74) is 0.469. The normalized spacial score (nSPS) is 16.7. The number of hydrogen-bond donors (Lipinski definition) is 0. The molecule has 10 heteroatoms. The van der Waals surface area contributed by atoms with Gasteiger partial charge in [-0.2, -0.15) is 4.31 Å². The molecule has 0 bridgehead atoms. The molecule has 1 atom stereocenters. The lowest BCUT2D eigenvalue weighted by Gasteiger charge is -2.39. The maximum absolute atomic E-state index is 13.8. The van der Waals surface area contributed by atoms with Crippen molar-refractivity contribution in [3.63, 3.8) is 0 Å². The Balaban J connectivity index is 1.92. The number of benzene rings is 2. The molecule has 0 saturated carbocycles. The Morgan fingerprint density at radius 1 is 1.09 bits per heavy atom. The van der Waals surface area contributed by atoms with Gasteiger partial charge in [0.1, 0.15) is 5.60 Å². The van der Waals surface area contributed by atoms with Gasteiger partial charge in [0.15, 0.2) is 0 Å². The Kier molecular flexibility index (Phi) is 8.81. The van der Waals surface area contributed by atoms with E-state index < -0.39 is 33.7 Å². The van der Waals surface area contributed by atoms with Crippen molar-refractivity contribution in [1.29, 1.82) is 0 Å². The molecule has 35 heavy (non-hydrogen) atoms. The van der Waals surface area contributed by atoms with Gasteiger partial charge in [-0.15, -0.1) is 0 Å². The van der Waals surface area contributed by atoms with Gasteiger partial charge in [-0.3, -0.25) is 0 Å². The monoisotopic (exact) mass is 614 g/mol. The third-order valence-electron chi connectivity index (χ3n) is 5.59. The zero-order valence-electron chi connectivity index (χ0n) is 20.4. The van der Waals surface area contributed by atoms with Crippen molar-refractivity contribution in [2.75, 3.05) is 20.2 Å². The zero-order chi connectivity index (χ0) is 25.8. The molecule has 1 heterocycles. The summed E-state index contributed by atoms with van der Waals surface area (Å²) < 4.78 is 40.2. The van der Waals surface area contributed by atoms with Gasteiger partial charge < -0.3 is 14.4 Å². The second kappa shape index (κ2) is 11.3. The van der Waals surface area contributed by atoms with Crippen molar-refractivity contribution < 1.29 is 27.5 Å². The van der Waals surface area contributed by atoms with Crippen LogP contribution in [0.25, 0.3) is 0 Å². The first-order valence-electron chi connectivity index (χ1n) is 11.3. The van der Waals surface area contributed by atoms with Crippen LogP contribution < -0.4 is 0 Å². The molecule has 3 rings (SSSR count). The second-order valence-electron chi connectivity index (χ2n) is 9.42. The van der Waals surface area contributed by atoms with E-state index in [4.69, 9.17) is 9.47 Å². The van der Waals surface area contributed by atoms with Gasteiger partial charge in [-0.25, -0.2) is 18.0 Å². The first-order valence-corrected chi connectivity index (χ1v) is 13.8. The highest BCUT2D eigenvalue weighted by molar-refractivity contribution is 14.1. The number of halogens is 1. The molecule has 1 aliphatic heterocycles. The molecule has 0 radical (unpaired) electrons. The predicted molar refractivity (Wildman–Crippen MR) is 140 cm³/mol. The number of hydrogen-bond acceptors (Lipinski definition) is 6. The molecule has 2 aromatic carbocycles. The Bertz CT molecular complexity index is 1140. The first kappa shape index (κ1) is 27.4. The average Bonchev–Trinajstić information content (AvgIpc) is 2.81. The number of ether oxygens (including phenoxy) is 2. The van der Waals surface area contributed by atoms with Crippen LogP contribution in [0.3, 0.4) is 0 Å². The number of piperidine rings is 1. The van der Waals surface area contributed by atoms with E-state index in [9.17, 15) is 18.0 Å². The number of esters is 1. The highest BCUT2D eigenvalue weighted by Crippen LogP contribution is 2.27. The standard InChI is InChI=1S/C25H31IN2O6S/c1-25(2,3)34-24(30)27-15-5-6-21(17-27)28(35(31,32)22-13-11-20(26)12-14-22)16-18-7-9-19(10-8-18)23(29)33-4/h7-14,21H,5-6,15-17H2,1-4H3. The minimum atomic E-state index is -3.87. The van der Waals surface area contributed by atoms with Crippen molar-refractivity contribution in [2.45, 2.75) is 56.7 Å². The number of amides is 1. The van der Waals surface area contributed by atoms with E-state index in [-0.39, 0.29) is 18.0 Å². The molecule has 1 aliphatic rings. The molecule has 0 aromatic heterocycles. The van der Waals surface area contributed by atoms with Crippen LogP contribution in [0.15, 0.2) is 53.4 Å². The van der Waals surface area contributed by atoms with E-state index in [0.29, 0.717) is 24.9 Å². The summed E-state index contributed by atoms with van der Waals surface area (Å²) in [4.78, 5) is 26.3. The van der Waals surface area contributed by atoms with Crippen LogP contribution in [0.1, 0.15) is 49.5 Å². The summed E-state index contributed by atoms with van der Waals surface area (Å²) in [6.07, 6.45) is 0.823. The van der Waals surface area contributed by atoms with Crippen LogP contribution in [-0.4, -0.2) is 61.5 Å². The molecule has 0 spiro atoms. The molecule has 1 amide bonds. The average molecular weight is 615 g/mol. The number of nitrogens with zero attached hydrogens (tertiary/aromatic N) is 2. The summed E-state index contributed by atoms with van der Waals surface area (Å²) in [5, 5.41) is 0. The highest BCUT2D eigenvalue weighted by Gasteiger charge is 2.36. The molecule has 190 valence electrons. The first-order chi connectivity index (χ1) is 16.4. The molecule has 0 aliphatic carbocycles. The molecular weight excluding hydrogens is 583 g/mol. The molecule has 0 N–H and O–H groups in total. The van der Waals surface area contributed by atoms with Crippen LogP contribution in [-0.2, 0) is 26.0 Å². The predicted octanol–water partition coefficient (Wildman–Crippen LogP) is 4.67. The van der Waals surface area contributed by atoms with Gasteiger partial charge in [0.05, 0.1) is 17.6 Å². The Morgan fingerprint density at radius 3 is 2.29 bits per heavy atom. The number of carbonyl (C=O) groups excluding carboxylic acids is 2. The number of rotatable bonds is 6. The number of methoxy groups -OCH3 is 1. The number of likely N-dealkylation sites (tertiary alicyclic amines) is 1. The molecule has 1 fully saturated rings. The maximum Gasteiger partial charge on any atom is 0.410 e. The van der Waals surface area contributed by atoms with Crippen molar-refractivity contribution >= 4 is 44.7 Å². The summed E-state index contributed by atoms with van der Waals surface area (Å²) in [6.45, 7) is 6.26. The highest BCUT2D eigenvalue weighted by atomic mass is 127. The largest absolute Gasteiger partial charge is 0.465 e. The minimum Gasteiger partial charge on any atom is -0.465 e. The fourth-order valence-electron chi connectivity index (χ4n) is 3.88. The third-order valence-corrected chi connectivity index (χ3v) is 8.22. The van der Waals surface area contributed by atoms with Gasteiger partial charge in [-0.1, -0.05) is 12.1 Å². The second-order valence-corrected chi connectivity index (χ2v) is 12.6. The van der Waals surface area contributed by atoms with Crippen LogP contribution >= 0.6 is 22.6 Å². The third kappa shape index (κ3) is 7.17. The van der Waals surface area contributed by atoms with Gasteiger partial charge in [0, 0.05) is 29.2 Å². The van der Waals surface area contributed by atoms with Gasteiger partial charge in [-0.05, 0) is 98.2 Å². The van der Waals surface area contributed by atoms with E-state index >= 15 is 0 Å². The maximum atomic E-state index is 13.8. The van der Waals surface area contributed by atoms with Crippen molar-refractivity contribution in [3.8, 4) is 0 Å². The topological polar surface area (TPSA) is 93.2 Å². The number of sulfonamides is 1. The van der Waals surface area contributed by atoms with Gasteiger partial charge >= 0.3 is 12.1 Å². The lowest BCUT2D eigenvalue weighted by Crippen LogP contribution is -2.52. The van der Waals surface area contributed by atoms with Crippen LogP contribution in [0.4, 0.5) is 4.79 Å². The quantitative estimate of drug-likeness (QED) is 0.347. The summed E-state index contributed by atoms with van der Waals surface area (Å²) in [7, 11) is -2.56. The van der Waals surface area contributed by atoms with E-state index in [0.717, 1.165) is 9.13 Å². The number of carbonyl (C=O) groups is 2. The lowest BCUT2D eigenvalue weighted by molar-refractivity contribution is 0.0152. The molecular formula is C25H31IN2O6S. The summed E-state index contributed by atoms with van der Waals surface area (Å²) in [6, 6.07) is 12.9. The van der Waals surface area contributed by atoms with E-state index in [2.05, 4.69) is 22.6 Å². The molecule has 1 unspecified atom stereocenters. The fourth-order valence-corrected chi connectivity index (χ4v) is 5.87. The minimum absolute atomic E-state index is 0.0998. The Hall–Kier alpha value is -2.18. The molecule has 8 nitrogen and oxygen atoms in total. The molecule has 1 saturated heterocycles. The van der Waals surface area contributed by atoms with Crippen LogP contribution in [0.2, 0.25) is 0 Å². The van der Waals surface area contributed by atoms with Crippen molar-refractivity contribution in [3.05, 3.63) is 63.2 Å². The van der Waals surface area contributed by atoms with Gasteiger partial charge in [0.25, 0.3) is 0 Å². The zero-order valence-corrected chi connectivity index (χ0v) is 23.3. The van der Waals surface area contributed by atoms with E-state index in [1.54, 1.807) is 74.2 Å². The van der Waals surface area contributed by atoms with E-state index in [1.807, 2.05) is 0 Å². The SMILES string of the molecule is COC(=O)c1ccc(CN(C2CCCN(C(=O)OC(C)(C)C)C2)S(=O)(=O)c2ccc(I)cc2)cc1. The Morgan fingerprint density at radius 2 is 1.71 bits per heavy atom. The Labute approximate surface area is 220 Å². The van der Waals surface area contributed by atoms with Crippen LogP contribution in [0, 0.1) is 3.57 Å². The summed E-state index contributed by atoms with van der Waals surface area (Å²) >= 11 is 2.13. The molecule has 2 aromatic rings. The lowest BCUT2D eigenvalue weighted by atomic mass is 10.1.